The predicted molar refractivity (Wildman–Crippen MR) is 67.1 cm³/mol. The second-order valence-electron chi connectivity index (χ2n) is 4.07. The molecule has 0 amide bonds. The van der Waals surface area contributed by atoms with Crippen LogP contribution in [0.1, 0.15) is 12.7 Å². The second-order valence-corrected chi connectivity index (χ2v) is 4.92. The number of aliphatic hydroxyl groups excluding tert-OH is 1. The van der Waals surface area contributed by atoms with Gasteiger partial charge in [0.15, 0.2) is 0 Å². The standard InChI is InChI=1S/C13H11BrF2O2/c1-7(17)4-8-2-3-13(18-8)9-5-12(16)10(14)6-11(9)15/h2-3,5-7,17H,4H2,1H3. The molecule has 1 aromatic carbocycles. The molecule has 0 aliphatic heterocycles. The Labute approximate surface area is 111 Å². The molecule has 0 saturated carbocycles. The molecule has 5 heteroatoms. The molecule has 2 nitrogen and oxygen atoms in total. The minimum absolute atomic E-state index is 0.0625. The highest BCUT2D eigenvalue weighted by Gasteiger charge is 2.14. The molecule has 18 heavy (non-hydrogen) atoms. The van der Waals surface area contributed by atoms with Crippen molar-refractivity contribution in [2.24, 2.45) is 0 Å². The monoisotopic (exact) mass is 316 g/mol. The van der Waals surface area contributed by atoms with E-state index in [-0.39, 0.29) is 15.8 Å². The molecular weight excluding hydrogens is 306 g/mol. The minimum Gasteiger partial charge on any atom is -0.461 e. The van der Waals surface area contributed by atoms with E-state index < -0.39 is 17.7 Å². The number of rotatable bonds is 3. The highest BCUT2D eigenvalue weighted by atomic mass is 79.9. The maximum atomic E-state index is 13.7. The molecule has 96 valence electrons. The zero-order chi connectivity index (χ0) is 13.3. The summed E-state index contributed by atoms with van der Waals surface area (Å²) in [6.45, 7) is 1.63. The van der Waals surface area contributed by atoms with Crippen LogP contribution >= 0.6 is 15.9 Å². The summed E-state index contributed by atoms with van der Waals surface area (Å²) in [6, 6.07) is 5.33. The fourth-order valence-corrected chi connectivity index (χ4v) is 1.95. The van der Waals surface area contributed by atoms with Gasteiger partial charge < -0.3 is 9.52 Å². The molecule has 2 aromatic rings. The van der Waals surface area contributed by atoms with Gasteiger partial charge in [0.1, 0.15) is 23.2 Å². The van der Waals surface area contributed by atoms with Gasteiger partial charge in [-0.3, -0.25) is 0 Å². The summed E-state index contributed by atoms with van der Waals surface area (Å²) in [4.78, 5) is 0. The molecule has 1 unspecified atom stereocenters. The largest absolute Gasteiger partial charge is 0.461 e. The SMILES string of the molecule is CC(O)Cc1ccc(-c2cc(F)c(Br)cc2F)o1. The van der Waals surface area contributed by atoms with E-state index in [9.17, 15) is 13.9 Å². The van der Waals surface area contributed by atoms with Gasteiger partial charge >= 0.3 is 0 Å². The Hall–Kier alpha value is -1.20. The van der Waals surface area contributed by atoms with Crippen LogP contribution in [0.4, 0.5) is 8.78 Å². The van der Waals surface area contributed by atoms with Gasteiger partial charge in [-0.25, -0.2) is 8.78 Å². The van der Waals surface area contributed by atoms with E-state index in [0.717, 1.165) is 12.1 Å². The van der Waals surface area contributed by atoms with Crippen LogP contribution in [0.3, 0.4) is 0 Å². The van der Waals surface area contributed by atoms with E-state index >= 15 is 0 Å². The lowest BCUT2D eigenvalue weighted by atomic mass is 10.1. The summed E-state index contributed by atoms with van der Waals surface area (Å²) in [5.74, 6) is -0.349. The van der Waals surface area contributed by atoms with Gasteiger partial charge in [0.25, 0.3) is 0 Å². The Morgan fingerprint density at radius 3 is 2.67 bits per heavy atom. The van der Waals surface area contributed by atoms with Crippen molar-refractivity contribution >= 4 is 15.9 Å². The van der Waals surface area contributed by atoms with Crippen molar-refractivity contribution in [3.05, 3.63) is 46.1 Å². The van der Waals surface area contributed by atoms with Crippen LogP contribution in [-0.4, -0.2) is 11.2 Å². The summed E-state index contributed by atoms with van der Waals surface area (Å²) < 4.78 is 32.5. The van der Waals surface area contributed by atoms with E-state index in [0.29, 0.717) is 12.2 Å². The summed E-state index contributed by atoms with van der Waals surface area (Å²) in [5.41, 5.74) is 0.0625. The lowest BCUT2D eigenvalue weighted by molar-refractivity contribution is 0.187. The Bertz CT molecular complexity index is 564. The van der Waals surface area contributed by atoms with E-state index in [1.54, 1.807) is 19.1 Å². The summed E-state index contributed by atoms with van der Waals surface area (Å²) >= 11 is 2.91. The molecule has 0 saturated heterocycles. The number of hydrogen-bond acceptors (Lipinski definition) is 2. The van der Waals surface area contributed by atoms with Crippen LogP contribution in [0.5, 0.6) is 0 Å². The molecule has 1 aromatic heterocycles. The van der Waals surface area contributed by atoms with Crippen molar-refractivity contribution in [1.29, 1.82) is 0 Å². The predicted octanol–water partition coefficient (Wildman–Crippen LogP) is 3.91. The van der Waals surface area contributed by atoms with Crippen LogP contribution in [-0.2, 0) is 6.42 Å². The lowest BCUT2D eigenvalue weighted by Crippen LogP contribution is -2.02. The summed E-state index contributed by atoms with van der Waals surface area (Å²) in [5, 5.41) is 9.22. The molecule has 1 atom stereocenters. The fraction of sp³-hybridized carbons (Fsp3) is 0.231. The molecule has 1 heterocycles. The van der Waals surface area contributed by atoms with Gasteiger partial charge in [0, 0.05) is 6.42 Å². The first-order valence-corrected chi connectivity index (χ1v) is 6.18. The van der Waals surface area contributed by atoms with Crippen molar-refractivity contribution in [3.8, 4) is 11.3 Å². The maximum absolute atomic E-state index is 13.7. The van der Waals surface area contributed by atoms with Crippen LogP contribution in [0.2, 0.25) is 0 Å². The molecule has 1 N–H and O–H groups in total. The Kier molecular flexibility index (Phi) is 3.82. The van der Waals surface area contributed by atoms with Gasteiger partial charge in [-0.05, 0) is 47.1 Å². The first kappa shape index (κ1) is 13.2. The number of aliphatic hydroxyl groups is 1. The normalized spacial score (nSPS) is 12.7. The molecule has 2 rings (SSSR count). The zero-order valence-corrected chi connectivity index (χ0v) is 11.2. The molecule has 0 bridgehead atoms. The van der Waals surface area contributed by atoms with Gasteiger partial charge in [0.05, 0.1) is 16.1 Å². The average Bonchev–Trinajstić information content (AvgIpc) is 2.70. The lowest BCUT2D eigenvalue weighted by Gasteiger charge is -2.03. The van der Waals surface area contributed by atoms with Gasteiger partial charge in [-0.1, -0.05) is 0 Å². The number of halogens is 3. The van der Waals surface area contributed by atoms with Crippen molar-refractivity contribution < 1.29 is 18.3 Å². The van der Waals surface area contributed by atoms with Gasteiger partial charge in [-0.2, -0.15) is 0 Å². The van der Waals surface area contributed by atoms with Crippen molar-refractivity contribution in [1.82, 2.24) is 0 Å². The van der Waals surface area contributed by atoms with E-state index in [2.05, 4.69) is 15.9 Å². The van der Waals surface area contributed by atoms with E-state index in [4.69, 9.17) is 4.42 Å². The van der Waals surface area contributed by atoms with Crippen LogP contribution in [0, 0.1) is 11.6 Å². The topological polar surface area (TPSA) is 33.4 Å². The zero-order valence-electron chi connectivity index (χ0n) is 9.58. The third-order valence-corrected chi connectivity index (χ3v) is 3.04. The fourth-order valence-electron chi connectivity index (χ4n) is 1.63. The van der Waals surface area contributed by atoms with Crippen molar-refractivity contribution in [3.63, 3.8) is 0 Å². The van der Waals surface area contributed by atoms with Gasteiger partial charge in [0.2, 0.25) is 0 Å². The van der Waals surface area contributed by atoms with Gasteiger partial charge in [-0.15, -0.1) is 0 Å². The maximum Gasteiger partial charge on any atom is 0.138 e. The Balaban J connectivity index is 2.37. The molecule has 0 radical (unpaired) electrons. The molecular formula is C13H11BrF2O2. The Morgan fingerprint density at radius 2 is 2.00 bits per heavy atom. The molecule has 0 fully saturated rings. The molecule has 0 aliphatic rings. The number of hydrogen-bond donors (Lipinski definition) is 1. The molecule has 0 aliphatic carbocycles. The minimum atomic E-state index is -0.568. The van der Waals surface area contributed by atoms with Crippen molar-refractivity contribution in [2.45, 2.75) is 19.4 Å². The quantitative estimate of drug-likeness (QED) is 0.871. The molecule has 0 spiro atoms. The van der Waals surface area contributed by atoms with E-state index in [1.807, 2.05) is 0 Å². The highest BCUT2D eigenvalue weighted by molar-refractivity contribution is 9.10. The second kappa shape index (κ2) is 5.20. The van der Waals surface area contributed by atoms with Crippen LogP contribution in [0.25, 0.3) is 11.3 Å². The first-order chi connectivity index (χ1) is 8.47. The Morgan fingerprint density at radius 1 is 1.28 bits per heavy atom. The number of furan rings is 1. The first-order valence-electron chi connectivity index (χ1n) is 5.39. The third kappa shape index (κ3) is 2.79. The summed E-state index contributed by atoms with van der Waals surface area (Å²) in [7, 11) is 0. The van der Waals surface area contributed by atoms with Crippen LogP contribution in [0.15, 0.2) is 33.2 Å². The highest BCUT2D eigenvalue weighted by Crippen LogP contribution is 2.29. The smallest absolute Gasteiger partial charge is 0.138 e. The third-order valence-electron chi connectivity index (χ3n) is 2.43. The summed E-state index contributed by atoms with van der Waals surface area (Å²) in [6.07, 6.45) is -0.212. The average molecular weight is 317 g/mol. The number of benzene rings is 1. The van der Waals surface area contributed by atoms with Crippen LogP contribution < -0.4 is 0 Å². The van der Waals surface area contributed by atoms with Crippen molar-refractivity contribution in [2.75, 3.05) is 0 Å². The van der Waals surface area contributed by atoms with E-state index in [1.165, 1.54) is 0 Å².